The van der Waals surface area contributed by atoms with E-state index >= 15 is 0 Å². The molecule has 2 amide bonds. The van der Waals surface area contributed by atoms with Crippen molar-refractivity contribution in [1.82, 2.24) is 30.4 Å². The zero-order valence-electron chi connectivity index (χ0n) is 20.3. The molecule has 2 heterocycles. The van der Waals surface area contributed by atoms with Crippen molar-refractivity contribution in [3.8, 4) is 17.1 Å². The Morgan fingerprint density at radius 3 is 2.72 bits per heavy atom. The van der Waals surface area contributed by atoms with Crippen LogP contribution in [-0.4, -0.2) is 64.2 Å². The number of hydrogen-bond donors (Lipinski definition) is 3. The molecule has 2 aromatic heterocycles. The number of amides is 2. The largest absolute Gasteiger partial charge is 0.494 e. The molecule has 36 heavy (non-hydrogen) atoms. The van der Waals surface area contributed by atoms with Crippen LogP contribution in [0.2, 0.25) is 0 Å². The van der Waals surface area contributed by atoms with E-state index in [0.717, 1.165) is 12.8 Å². The van der Waals surface area contributed by atoms with Gasteiger partial charge >= 0.3 is 0 Å². The first-order chi connectivity index (χ1) is 17.5. The highest BCUT2D eigenvalue weighted by atomic mass is 16.6. The van der Waals surface area contributed by atoms with Gasteiger partial charge in [0.15, 0.2) is 23.1 Å². The lowest BCUT2D eigenvalue weighted by Crippen LogP contribution is -2.26. The molecule has 1 aliphatic carbocycles. The van der Waals surface area contributed by atoms with Gasteiger partial charge in [0.25, 0.3) is 5.91 Å². The third kappa shape index (κ3) is 5.93. The molecule has 1 saturated carbocycles. The summed E-state index contributed by atoms with van der Waals surface area (Å²) >= 11 is 0. The number of ether oxygens (including phenoxy) is 2. The summed E-state index contributed by atoms with van der Waals surface area (Å²) in [6, 6.07) is 6.95. The van der Waals surface area contributed by atoms with E-state index in [9.17, 15) is 9.59 Å². The van der Waals surface area contributed by atoms with Crippen molar-refractivity contribution in [1.29, 1.82) is 0 Å². The average Bonchev–Trinajstić information content (AvgIpc) is 3.64. The van der Waals surface area contributed by atoms with Crippen molar-refractivity contribution in [2.75, 3.05) is 38.1 Å². The number of benzene rings is 1. The Balaban J connectivity index is 1.66. The van der Waals surface area contributed by atoms with Gasteiger partial charge in [-0.15, -0.1) is 10.2 Å². The summed E-state index contributed by atoms with van der Waals surface area (Å²) in [5.41, 5.74) is 3.75. The predicted molar refractivity (Wildman–Crippen MR) is 130 cm³/mol. The lowest BCUT2D eigenvalue weighted by Gasteiger charge is -2.16. The average molecular weight is 497 g/mol. The number of nitrogens with zero attached hydrogens (tertiary/aromatic N) is 5. The van der Waals surface area contributed by atoms with E-state index in [2.05, 4.69) is 36.4 Å². The van der Waals surface area contributed by atoms with E-state index in [4.69, 9.17) is 14.3 Å². The molecule has 3 aromatic rings. The lowest BCUT2D eigenvalue weighted by molar-refractivity contribution is -0.117. The van der Waals surface area contributed by atoms with Crippen LogP contribution in [0.5, 0.6) is 5.75 Å². The Kier molecular flexibility index (Phi) is 8.02. The fraction of sp³-hybridized carbons (Fsp3) is 0.391. The van der Waals surface area contributed by atoms with E-state index in [1.54, 1.807) is 37.2 Å². The molecular weight excluding hydrogens is 468 g/mol. The number of hydrogen-bond acceptors (Lipinski definition) is 10. The zero-order chi connectivity index (χ0) is 25.5. The summed E-state index contributed by atoms with van der Waals surface area (Å²) < 4.78 is 12.5. The van der Waals surface area contributed by atoms with E-state index in [1.807, 2.05) is 6.07 Å². The van der Waals surface area contributed by atoms with Gasteiger partial charge in [0.05, 0.1) is 43.8 Å². The molecule has 0 aliphatic heterocycles. The van der Waals surface area contributed by atoms with Gasteiger partial charge in [0.1, 0.15) is 6.33 Å². The molecule has 0 bridgehead atoms. The molecule has 0 radical (unpaired) electrons. The van der Waals surface area contributed by atoms with Gasteiger partial charge in [-0.3, -0.25) is 19.1 Å². The topological polar surface area (TPSA) is 154 Å². The molecule has 0 spiro atoms. The molecule has 0 atom stereocenters. The molecule has 0 saturated heterocycles. The highest BCUT2D eigenvalue weighted by Crippen LogP contribution is 2.37. The summed E-state index contributed by atoms with van der Waals surface area (Å²) in [6.07, 6.45) is 3.31. The van der Waals surface area contributed by atoms with Crippen molar-refractivity contribution in [3.05, 3.63) is 36.3 Å². The van der Waals surface area contributed by atoms with Crippen molar-refractivity contribution < 1.29 is 23.9 Å². The van der Waals surface area contributed by atoms with Crippen LogP contribution in [0.1, 0.15) is 30.3 Å². The van der Waals surface area contributed by atoms with Crippen molar-refractivity contribution in [2.45, 2.75) is 26.3 Å². The maximum Gasteiger partial charge on any atom is 0.297 e. The fourth-order valence-corrected chi connectivity index (χ4v) is 3.36. The monoisotopic (exact) mass is 496 g/mol. The molecule has 1 aliphatic rings. The van der Waals surface area contributed by atoms with Gasteiger partial charge in [0, 0.05) is 19.1 Å². The van der Waals surface area contributed by atoms with E-state index in [-0.39, 0.29) is 29.9 Å². The van der Waals surface area contributed by atoms with Crippen molar-refractivity contribution in [3.63, 3.8) is 0 Å². The maximum atomic E-state index is 12.7. The minimum absolute atomic E-state index is 0.0166. The molecule has 1 aromatic carbocycles. The number of nitrogens with one attached hydrogen (secondary N) is 3. The Hall–Kier alpha value is -4.10. The predicted octanol–water partition coefficient (Wildman–Crippen LogP) is 2.16. The van der Waals surface area contributed by atoms with Crippen LogP contribution >= 0.6 is 0 Å². The smallest absolute Gasteiger partial charge is 0.297 e. The van der Waals surface area contributed by atoms with E-state index in [1.165, 1.54) is 13.2 Å². The number of rotatable bonds is 12. The quantitative estimate of drug-likeness (QED) is 0.318. The van der Waals surface area contributed by atoms with Crippen molar-refractivity contribution >= 4 is 29.0 Å². The van der Waals surface area contributed by atoms with Gasteiger partial charge in [-0.05, 0) is 31.9 Å². The Bertz CT molecular complexity index is 1230. The number of hydroxylamine groups is 1. The lowest BCUT2D eigenvalue weighted by atomic mass is 10.1. The summed E-state index contributed by atoms with van der Waals surface area (Å²) in [5.74, 6) is 0.398. The number of carbonyl (C=O) groups is 2. The minimum Gasteiger partial charge on any atom is -0.494 e. The van der Waals surface area contributed by atoms with Crippen LogP contribution in [0.4, 0.5) is 17.2 Å². The van der Waals surface area contributed by atoms with Gasteiger partial charge in [-0.25, -0.2) is 10.5 Å². The van der Waals surface area contributed by atoms with Gasteiger partial charge in [-0.1, -0.05) is 6.07 Å². The van der Waals surface area contributed by atoms with Crippen LogP contribution in [-0.2, 0) is 20.9 Å². The molecule has 13 heteroatoms. The second kappa shape index (κ2) is 11.6. The van der Waals surface area contributed by atoms with Crippen LogP contribution in [0.15, 0.2) is 30.6 Å². The summed E-state index contributed by atoms with van der Waals surface area (Å²) in [5, 5.41) is 18.4. The maximum absolute atomic E-state index is 12.7. The van der Waals surface area contributed by atoms with Crippen LogP contribution < -0.4 is 20.9 Å². The van der Waals surface area contributed by atoms with Crippen LogP contribution in [0.3, 0.4) is 0 Å². The van der Waals surface area contributed by atoms with Crippen LogP contribution in [0.25, 0.3) is 11.4 Å². The van der Waals surface area contributed by atoms with Gasteiger partial charge in [-0.2, -0.15) is 5.10 Å². The third-order valence-corrected chi connectivity index (χ3v) is 5.31. The van der Waals surface area contributed by atoms with E-state index in [0.29, 0.717) is 41.7 Å². The second-order valence-corrected chi connectivity index (χ2v) is 7.96. The minimum atomic E-state index is -0.597. The van der Waals surface area contributed by atoms with Crippen LogP contribution in [0, 0.1) is 5.92 Å². The first kappa shape index (κ1) is 25.0. The first-order valence-electron chi connectivity index (χ1n) is 11.5. The standard InChI is InChI=1S/C23H28N8O5/c1-4-36-30-23(33)19-17(12-18(27-28-19)26-22(32)14-8-9-14)25-16-7-5-6-15(20(16)35-3)21-24-13-31(29-21)10-11-34-2/h5-7,12-14H,4,8-11H2,1-3H3,(H,30,33)(H2,25,26,27,32). The molecule has 1 fully saturated rings. The van der Waals surface area contributed by atoms with Gasteiger partial charge in [0.2, 0.25) is 5.91 Å². The molecule has 4 rings (SSSR count). The van der Waals surface area contributed by atoms with Crippen molar-refractivity contribution in [2.24, 2.45) is 5.92 Å². The number of para-hydroxylation sites is 1. The highest BCUT2D eigenvalue weighted by Gasteiger charge is 2.30. The number of anilines is 3. The molecule has 0 unspecified atom stereocenters. The number of aromatic nitrogens is 5. The third-order valence-electron chi connectivity index (χ3n) is 5.31. The molecule has 13 nitrogen and oxygen atoms in total. The Morgan fingerprint density at radius 1 is 1.17 bits per heavy atom. The molecule has 190 valence electrons. The molecule has 3 N–H and O–H groups in total. The van der Waals surface area contributed by atoms with E-state index < -0.39 is 5.91 Å². The number of carbonyl (C=O) groups excluding carboxylic acids is 2. The van der Waals surface area contributed by atoms with Gasteiger partial charge < -0.3 is 20.1 Å². The molecular formula is C23H28N8O5. The number of methoxy groups -OCH3 is 2. The Labute approximate surface area is 207 Å². The SMILES string of the molecule is CCONC(=O)c1nnc(NC(=O)C2CC2)cc1Nc1cccc(-c2ncn(CCOC)n2)c1OC. The summed E-state index contributed by atoms with van der Waals surface area (Å²) in [4.78, 5) is 34.3. The fourth-order valence-electron chi connectivity index (χ4n) is 3.36. The normalized spacial score (nSPS) is 12.8. The Morgan fingerprint density at radius 2 is 2.00 bits per heavy atom. The summed E-state index contributed by atoms with van der Waals surface area (Å²) in [7, 11) is 3.15. The first-order valence-corrected chi connectivity index (χ1v) is 11.5. The second-order valence-electron chi connectivity index (χ2n) is 7.96. The highest BCUT2D eigenvalue weighted by molar-refractivity contribution is 5.99. The summed E-state index contributed by atoms with van der Waals surface area (Å²) in [6.45, 7) is 3.07. The zero-order valence-corrected chi connectivity index (χ0v) is 20.3.